The van der Waals surface area contributed by atoms with Gasteiger partial charge in [0.1, 0.15) is 5.03 Å². The highest BCUT2D eigenvalue weighted by Gasteiger charge is 2.30. The van der Waals surface area contributed by atoms with E-state index in [4.69, 9.17) is 4.74 Å². The normalized spacial score (nSPS) is 22.3. The van der Waals surface area contributed by atoms with Crippen molar-refractivity contribution in [2.24, 2.45) is 0 Å². The van der Waals surface area contributed by atoms with E-state index in [0.29, 0.717) is 23.1 Å². The molecule has 18 heavy (non-hydrogen) atoms. The molecule has 96 valence electrons. The van der Waals surface area contributed by atoms with Gasteiger partial charge in [0, 0.05) is 19.3 Å². The second kappa shape index (κ2) is 4.40. The van der Waals surface area contributed by atoms with E-state index in [1.165, 1.54) is 0 Å². The van der Waals surface area contributed by atoms with Crippen LogP contribution in [0.2, 0.25) is 0 Å². The zero-order valence-electron chi connectivity index (χ0n) is 9.93. The molecule has 3 rings (SSSR count). The van der Waals surface area contributed by atoms with Gasteiger partial charge in [-0.1, -0.05) is 18.2 Å². The Bertz CT molecular complexity index is 586. The summed E-state index contributed by atoms with van der Waals surface area (Å²) in [4.78, 5) is 0.402. The predicted molar refractivity (Wildman–Crippen MR) is 68.6 cm³/mol. The Balaban J connectivity index is 1.86. The summed E-state index contributed by atoms with van der Waals surface area (Å²) in [5.74, 6) is 0. The molecule has 0 aliphatic carbocycles. The smallest absolute Gasteiger partial charge is 0.222 e. The summed E-state index contributed by atoms with van der Waals surface area (Å²) in [7, 11) is -3.34. The molecule has 1 aromatic rings. The van der Waals surface area contributed by atoms with Crippen LogP contribution in [0.1, 0.15) is 18.4 Å². The van der Waals surface area contributed by atoms with Crippen LogP contribution in [0.4, 0.5) is 0 Å². The van der Waals surface area contributed by atoms with Crippen LogP contribution in [-0.2, 0) is 14.6 Å². The van der Waals surface area contributed by atoms with Crippen molar-refractivity contribution in [2.45, 2.75) is 23.8 Å². The van der Waals surface area contributed by atoms with Crippen LogP contribution >= 0.6 is 0 Å². The van der Waals surface area contributed by atoms with Gasteiger partial charge in [-0.15, -0.1) is 0 Å². The third kappa shape index (κ3) is 1.93. The quantitative estimate of drug-likeness (QED) is 0.881. The lowest BCUT2D eigenvalue weighted by molar-refractivity contribution is 0.0809. The number of hydrogen-bond acceptors (Lipinski definition) is 4. The molecule has 2 aliphatic heterocycles. The van der Waals surface area contributed by atoms with Gasteiger partial charge in [-0.3, -0.25) is 0 Å². The van der Waals surface area contributed by atoms with E-state index < -0.39 is 9.84 Å². The Hall–Kier alpha value is -1.33. The third-order valence-electron chi connectivity index (χ3n) is 3.35. The van der Waals surface area contributed by atoms with E-state index in [1.807, 2.05) is 12.1 Å². The van der Waals surface area contributed by atoms with Crippen LogP contribution in [0.5, 0.6) is 0 Å². The summed E-state index contributed by atoms with van der Waals surface area (Å²) in [5, 5.41) is 3.48. The molecular weight excluding hydrogens is 250 g/mol. The second-order valence-corrected chi connectivity index (χ2v) is 6.47. The fourth-order valence-electron chi connectivity index (χ4n) is 2.34. The highest BCUT2D eigenvalue weighted by molar-refractivity contribution is 7.95. The minimum absolute atomic E-state index is 0.189. The number of nitrogens with one attached hydrogen (secondary N) is 1. The zero-order valence-corrected chi connectivity index (χ0v) is 10.7. The van der Waals surface area contributed by atoms with Gasteiger partial charge in [0.2, 0.25) is 9.84 Å². The topological polar surface area (TPSA) is 55.4 Å². The average molecular weight is 265 g/mol. The summed E-state index contributed by atoms with van der Waals surface area (Å²) >= 11 is 0. The van der Waals surface area contributed by atoms with Gasteiger partial charge in [-0.05, 0) is 30.5 Å². The highest BCUT2D eigenvalue weighted by atomic mass is 32.2. The van der Waals surface area contributed by atoms with Crippen molar-refractivity contribution in [3.63, 3.8) is 0 Å². The van der Waals surface area contributed by atoms with Gasteiger partial charge >= 0.3 is 0 Å². The Kier molecular flexibility index (Phi) is 2.87. The maximum atomic E-state index is 12.3. The van der Waals surface area contributed by atoms with Crippen molar-refractivity contribution in [2.75, 3.05) is 13.2 Å². The Morgan fingerprint density at radius 2 is 1.89 bits per heavy atom. The lowest BCUT2D eigenvalue weighted by Gasteiger charge is -2.24. The van der Waals surface area contributed by atoms with Gasteiger partial charge in [-0.2, -0.15) is 0 Å². The number of sulfone groups is 1. The van der Waals surface area contributed by atoms with Crippen molar-refractivity contribution in [3.8, 4) is 0 Å². The minimum atomic E-state index is -3.34. The first kappa shape index (κ1) is 11.7. The van der Waals surface area contributed by atoms with Crippen LogP contribution in [-0.4, -0.2) is 27.7 Å². The maximum Gasteiger partial charge on any atom is 0.222 e. The Morgan fingerprint density at radius 3 is 2.61 bits per heavy atom. The molecule has 0 atom stereocenters. The van der Waals surface area contributed by atoms with E-state index in [0.717, 1.165) is 18.4 Å². The fourth-order valence-corrected chi connectivity index (χ4v) is 3.88. The number of benzene rings is 1. The molecule has 0 aromatic heterocycles. The summed E-state index contributed by atoms with van der Waals surface area (Å²) in [6.07, 6.45) is 3.42. The first-order valence-electron chi connectivity index (χ1n) is 6.08. The summed E-state index contributed by atoms with van der Waals surface area (Å²) in [6.45, 7) is 1.38. The molecule has 0 bridgehead atoms. The molecule has 4 nitrogen and oxygen atoms in total. The van der Waals surface area contributed by atoms with Crippen LogP contribution in [0, 0.1) is 0 Å². The van der Waals surface area contributed by atoms with Crippen molar-refractivity contribution in [1.29, 1.82) is 0 Å². The molecule has 0 amide bonds. The minimum Gasteiger partial charge on any atom is -0.381 e. The third-order valence-corrected chi connectivity index (χ3v) is 5.12. The van der Waals surface area contributed by atoms with E-state index >= 15 is 0 Å². The molecule has 5 heteroatoms. The van der Waals surface area contributed by atoms with Crippen LogP contribution in [0.15, 0.2) is 34.2 Å². The van der Waals surface area contributed by atoms with Crippen molar-refractivity contribution in [3.05, 3.63) is 34.9 Å². The molecule has 1 aromatic carbocycles. The van der Waals surface area contributed by atoms with Crippen LogP contribution in [0.3, 0.4) is 0 Å². The molecule has 2 aliphatic rings. The molecule has 0 spiro atoms. The Morgan fingerprint density at radius 1 is 1.17 bits per heavy atom. The Labute approximate surface area is 107 Å². The van der Waals surface area contributed by atoms with E-state index in [9.17, 15) is 8.42 Å². The van der Waals surface area contributed by atoms with Gasteiger partial charge in [0.15, 0.2) is 0 Å². The summed E-state index contributed by atoms with van der Waals surface area (Å²) in [6, 6.07) is 7.27. The van der Waals surface area contributed by atoms with Crippen molar-refractivity contribution < 1.29 is 13.2 Å². The van der Waals surface area contributed by atoms with E-state index in [1.54, 1.807) is 18.2 Å². The van der Waals surface area contributed by atoms with Gasteiger partial charge in [0.25, 0.3) is 0 Å². The monoisotopic (exact) mass is 265 g/mol. The van der Waals surface area contributed by atoms with Crippen LogP contribution < -0.4 is 5.32 Å². The first-order valence-corrected chi connectivity index (χ1v) is 7.56. The average Bonchev–Trinajstić information content (AvgIpc) is 2.63. The van der Waals surface area contributed by atoms with Gasteiger partial charge in [-0.25, -0.2) is 8.42 Å². The van der Waals surface area contributed by atoms with Gasteiger partial charge in [0.05, 0.1) is 4.90 Å². The largest absolute Gasteiger partial charge is 0.381 e. The second-order valence-electron chi connectivity index (χ2n) is 4.58. The SMILES string of the molecule is O=S1(=O)C(NC2CCOCC2)=Cc2ccccc21. The standard InChI is InChI=1S/C13H15NO3S/c15-18(16)12-4-2-1-3-10(12)9-13(18)14-11-5-7-17-8-6-11/h1-4,9,11,14H,5-8H2. The van der Waals surface area contributed by atoms with E-state index in [2.05, 4.69) is 5.32 Å². The molecule has 0 unspecified atom stereocenters. The summed E-state index contributed by atoms with van der Waals surface area (Å²) < 4.78 is 29.9. The lowest BCUT2D eigenvalue weighted by atomic mass is 10.1. The van der Waals surface area contributed by atoms with Crippen molar-refractivity contribution in [1.82, 2.24) is 5.32 Å². The molecular formula is C13H15NO3S. The first-order chi connectivity index (χ1) is 8.68. The van der Waals surface area contributed by atoms with Crippen LogP contribution in [0.25, 0.3) is 6.08 Å². The number of rotatable bonds is 2. The molecule has 1 N–H and O–H groups in total. The van der Waals surface area contributed by atoms with Gasteiger partial charge < -0.3 is 10.1 Å². The molecule has 1 fully saturated rings. The molecule has 0 radical (unpaired) electrons. The number of fused-ring (bicyclic) bond motifs is 1. The summed E-state index contributed by atoms with van der Waals surface area (Å²) in [5.41, 5.74) is 0.770. The molecule has 1 saturated heterocycles. The lowest BCUT2D eigenvalue weighted by Crippen LogP contribution is -2.35. The highest BCUT2D eigenvalue weighted by Crippen LogP contribution is 2.31. The zero-order chi connectivity index (χ0) is 12.6. The predicted octanol–water partition coefficient (Wildman–Crippen LogP) is 1.54. The van der Waals surface area contributed by atoms with E-state index in [-0.39, 0.29) is 6.04 Å². The fraction of sp³-hybridized carbons (Fsp3) is 0.385. The number of ether oxygens (including phenoxy) is 1. The molecule has 2 heterocycles. The van der Waals surface area contributed by atoms with Crippen molar-refractivity contribution >= 4 is 15.9 Å². The molecule has 0 saturated carbocycles. The number of hydrogen-bond donors (Lipinski definition) is 1. The maximum absolute atomic E-state index is 12.3.